The van der Waals surface area contributed by atoms with Crippen molar-refractivity contribution < 1.29 is 14.3 Å². The fourth-order valence-corrected chi connectivity index (χ4v) is 1.75. The fraction of sp³-hybridized carbons (Fsp3) is 0.429. The lowest BCUT2D eigenvalue weighted by atomic mass is 10.0. The van der Waals surface area contributed by atoms with Crippen LogP contribution in [-0.4, -0.2) is 24.0 Å². The fourth-order valence-electron chi connectivity index (χ4n) is 1.75. The molecule has 1 aromatic rings. The summed E-state index contributed by atoms with van der Waals surface area (Å²) in [6.07, 6.45) is 0.296. The molecule has 110 valence electrons. The Bertz CT molecular complexity index is 469. The summed E-state index contributed by atoms with van der Waals surface area (Å²) in [6, 6.07) is 6.94. The van der Waals surface area contributed by atoms with Crippen molar-refractivity contribution in [3.63, 3.8) is 0 Å². The highest BCUT2D eigenvalue weighted by Crippen LogP contribution is 2.13. The second-order valence-electron chi connectivity index (χ2n) is 5.24. The van der Waals surface area contributed by atoms with Gasteiger partial charge < -0.3 is 21.5 Å². The zero-order valence-electron chi connectivity index (χ0n) is 11.8. The number of hydrogen-bond acceptors (Lipinski definition) is 4. The number of benzene rings is 1. The largest absolute Gasteiger partial charge is 0.493 e. The van der Waals surface area contributed by atoms with E-state index in [1.165, 1.54) is 0 Å². The van der Waals surface area contributed by atoms with Crippen molar-refractivity contribution in [3.05, 3.63) is 24.3 Å². The van der Waals surface area contributed by atoms with Gasteiger partial charge in [-0.2, -0.15) is 0 Å². The molecular formula is C14H21N3O3. The van der Waals surface area contributed by atoms with E-state index in [-0.39, 0.29) is 25.4 Å². The zero-order chi connectivity index (χ0) is 15.2. The Kier molecular flexibility index (Phi) is 5.37. The van der Waals surface area contributed by atoms with Gasteiger partial charge in [-0.3, -0.25) is 9.59 Å². The molecule has 0 aliphatic heterocycles. The minimum absolute atomic E-state index is 0.0948. The summed E-state index contributed by atoms with van der Waals surface area (Å²) in [4.78, 5) is 22.6. The minimum Gasteiger partial charge on any atom is -0.493 e. The number of anilines is 1. The molecule has 0 radical (unpaired) electrons. The second-order valence-corrected chi connectivity index (χ2v) is 5.24. The van der Waals surface area contributed by atoms with Gasteiger partial charge in [0.25, 0.3) is 0 Å². The molecule has 6 heteroatoms. The van der Waals surface area contributed by atoms with Crippen molar-refractivity contribution in [1.82, 2.24) is 5.32 Å². The Hall–Kier alpha value is -2.24. The van der Waals surface area contributed by atoms with Crippen molar-refractivity contribution in [1.29, 1.82) is 0 Å². The number of nitrogen functional groups attached to an aromatic ring is 1. The van der Waals surface area contributed by atoms with Crippen molar-refractivity contribution in [2.45, 2.75) is 32.2 Å². The first-order chi connectivity index (χ1) is 9.28. The second kappa shape index (κ2) is 6.79. The standard InChI is InChI=1S/C14H21N3O3/c1-14(2,9-12(16)18)17-13(19)7-8-20-11-5-3-10(15)4-6-11/h3-6H,7-9,15H2,1-2H3,(H2,16,18)(H,17,19). The van der Waals surface area contributed by atoms with Gasteiger partial charge >= 0.3 is 0 Å². The molecule has 2 amide bonds. The summed E-state index contributed by atoms with van der Waals surface area (Å²) in [5, 5.41) is 2.74. The lowest BCUT2D eigenvalue weighted by molar-refractivity contribution is -0.124. The molecule has 0 saturated heterocycles. The van der Waals surface area contributed by atoms with Crippen molar-refractivity contribution in [2.75, 3.05) is 12.3 Å². The van der Waals surface area contributed by atoms with Gasteiger partial charge in [0.1, 0.15) is 5.75 Å². The molecule has 0 spiro atoms. The summed E-state index contributed by atoms with van der Waals surface area (Å²) >= 11 is 0. The highest BCUT2D eigenvalue weighted by Gasteiger charge is 2.22. The Balaban J connectivity index is 2.33. The lowest BCUT2D eigenvalue weighted by Crippen LogP contribution is -2.46. The molecule has 0 aliphatic carbocycles. The van der Waals surface area contributed by atoms with Crippen LogP contribution in [0.2, 0.25) is 0 Å². The molecule has 1 aromatic carbocycles. The summed E-state index contributed by atoms with van der Waals surface area (Å²) in [7, 11) is 0. The van der Waals surface area contributed by atoms with Gasteiger partial charge in [-0.1, -0.05) is 0 Å². The summed E-state index contributed by atoms with van der Waals surface area (Å²) in [5.74, 6) is 0.0171. The van der Waals surface area contributed by atoms with Gasteiger partial charge in [0.15, 0.2) is 0 Å². The normalized spacial score (nSPS) is 10.9. The highest BCUT2D eigenvalue weighted by atomic mass is 16.5. The molecule has 5 N–H and O–H groups in total. The number of amides is 2. The molecule has 6 nitrogen and oxygen atoms in total. The summed E-state index contributed by atoms with van der Waals surface area (Å²) < 4.78 is 5.42. The van der Waals surface area contributed by atoms with E-state index >= 15 is 0 Å². The molecule has 1 rings (SSSR count). The van der Waals surface area contributed by atoms with E-state index < -0.39 is 11.4 Å². The van der Waals surface area contributed by atoms with E-state index in [9.17, 15) is 9.59 Å². The maximum absolute atomic E-state index is 11.7. The average Bonchev–Trinajstić information content (AvgIpc) is 2.29. The number of nitrogens with one attached hydrogen (secondary N) is 1. The Morgan fingerprint density at radius 3 is 2.40 bits per heavy atom. The maximum Gasteiger partial charge on any atom is 0.223 e. The van der Waals surface area contributed by atoms with E-state index in [1.54, 1.807) is 38.1 Å². The van der Waals surface area contributed by atoms with E-state index in [2.05, 4.69) is 5.32 Å². The highest BCUT2D eigenvalue weighted by molar-refractivity contribution is 5.79. The van der Waals surface area contributed by atoms with Crippen LogP contribution in [0.5, 0.6) is 5.75 Å². The number of primary amides is 1. The van der Waals surface area contributed by atoms with Crippen LogP contribution in [0, 0.1) is 0 Å². The molecular weight excluding hydrogens is 258 g/mol. The van der Waals surface area contributed by atoms with Crippen molar-refractivity contribution in [2.24, 2.45) is 5.73 Å². The van der Waals surface area contributed by atoms with Crippen molar-refractivity contribution >= 4 is 17.5 Å². The van der Waals surface area contributed by atoms with Crippen LogP contribution in [0.1, 0.15) is 26.7 Å². The molecule has 0 atom stereocenters. The molecule has 0 unspecified atom stereocenters. The molecule has 0 saturated carbocycles. The first kappa shape index (κ1) is 15.8. The third kappa shape index (κ3) is 6.08. The zero-order valence-corrected chi connectivity index (χ0v) is 11.8. The van der Waals surface area contributed by atoms with Crippen LogP contribution >= 0.6 is 0 Å². The van der Waals surface area contributed by atoms with Crippen LogP contribution in [-0.2, 0) is 9.59 Å². The topological polar surface area (TPSA) is 107 Å². The van der Waals surface area contributed by atoms with E-state index in [4.69, 9.17) is 16.2 Å². The third-order valence-corrected chi connectivity index (χ3v) is 2.57. The molecule has 20 heavy (non-hydrogen) atoms. The number of carbonyl (C=O) groups excluding carboxylic acids is 2. The number of nitrogens with two attached hydrogens (primary N) is 2. The summed E-state index contributed by atoms with van der Waals surface area (Å²) in [6.45, 7) is 3.75. The van der Waals surface area contributed by atoms with Crippen LogP contribution in [0.3, 0.4) is 0 Å². The first-order valence-electron chi connectivity index (χ1n) is 6.36. The smallest absolute Gasteiger partial charge is 0.223 e. The molecule has 0 aliphatic rings. The van der Waals surface area contributed by atoms with Gasteiger partial charge in [0.2, 0.25) is 11.8 Å². The Morgan fingerprint density at radius 1 is 1.25 bits per heavy atom. The minimum atomic E-state index is -0.649. The molecule has 0 bridgehead atoms. The number of rotatable bonds is 7. The Labute approximate surface area is 118 Å². The van der Waals surface area contributed by atoms with Crippen LogP contribution in [0.4, 0.5) is 5.69 Å². The summed E-state index contributed by atoms with van der Waals surface area (Å²) in [5.41, 5.74) is 10.7. The molecule has 0 aromatic heterocycles. The predicted octanol–water partition coefficient (Wildman–Crippen LogP) is 0.808. The van der Waals surface area contributed by atoms with Gasteiger partial charge in [-0.15, -0.1) is 0 Å². The Morgan fingerprint density at radius 2 is 1.85 bits per heavy atom. The van der Waals surface area contributed by atoms with E-state index in [1.807, 2.05) is 0 Å². The molecule has 0 heterocycles. The van der Waals surface area contributed by atoms with Crippen molar-refractivity contribution in [3.8, 4) is 5.75 Å². The quantitative estimate of drug-likeness (QED) is 0.642. The van der Waals surface area contributed by atoms with Crippen LogP contribution in [0.25, 0.3) is 0 Å². The van der Waals surface area contributed by atoms with E-state index in [0.717, 1.165) is 0 Å². The molecule has 0 fully saturated rings. The lowest BCUT2D eigenvalue weighted by Gasteiger charge is -2.24. The number of carbonyl (C=O) groups is 2. The third-order valence-electron chi connectivity index (χ3n) is 2.57. The van der Waals surface area contributed by atoms with Gasteiger partial charge in [0.05, 0.1) is 13.0 Å². The average molecular weight is 279 g/mol. The van der Waals surface area contributed by atoms with Crippen LogP contribution in [0.15, 0.2) is 24.3 Å². The van der Waals surface area contributed by atoms with E-state index in [0.29, 0.717) is 11.4 Å². The van der Waals surface area contributed by atoms with Gasteiger partial charge in [0, 0.05) is 17.6 Å². The SMILES string of the molecule is CC(C)(CC(N)=O)NC(=O)CCOc1ccc(N)cc1. The van der Waals surface area contributed by atoms with Gasteiger partial charge in [-0.25, -0.2) is 0 Å². The predicted molar refractivity (Wildman–Crippen MR) is 77.0 cm³/mol. The first-order valence-corrected chi connectivity index (χ1v) is 6.36. The monoisotopic (exact) mass is 279 g/mol. The number of hydrogen-bond donors (Lipinski definition) is 3. The maximum atomic E-state index is 11.7. The van der Waals surface area contributed by atoms with Gasteiger partial charge in [-0.05, 0) is 38.1 Å². The number of ether oxygens (including phenoxy) is 1. The van der Waals surface area contributed by atoms with Crippen LogP contribution < -0.4 is 21.5 Å².